The van der Waals surface area contributed by atoms with Gasteiger partial charge < -0.3 is 14.8 Å². The molecule has 0 heterocycles. The lowest BCUT2D eigenvalue weighted by molar-refractivity contribution is -0.118. The lowest BCUT2D eigenvalue weighted by Gasteiger charge is -2.11. The molecular formula is C17H17BrClNO3. The predicted molar refractivity (Wildman–Crippen MR) is 95.5 cm³/mol. The third kappa shape index (κ3) is 5.77. The molecule has 0 atom stereocenters. The maximum absolute atomic E-state index is 11.9. The minimum Gasteiger partial charge on any atom is -0.491 e. The van der Waals surface area contributed by atoms with E-state index in [0.717, 1.165) is 10.2 Å². The first-order chi connectivity index (χ1) is 10.9. The fourth-order valence-corrected chi connectivity index (χ4v) is 2.55. The van der Waals surface area contributed by atoms with Crippen LogP contribution in [0.25, 0.3) is 0 Å². The van der Waals surface area contributed by atoms with E-state index in [0.29, 0.717) is 16.5 Å². The molecule has 2 rings (SSSR count). The Bertz CT molecular complexity index is 674. The zero-order valence-electron chi connectivity index (χ0n) is 12.8. The van der Waals surface area contributed by atoms with Gasteiger partial charge in [0.15, 0.2) is 6.61 Å². The summed E-state index contributed by atoms with van der Waals surface area (Å²) in [7, 11) is 0. The van der Waals surface area contributed by atoms with E-state index < -0.39 is 0 Å². The van der Waals surface area contributed by atoms with E-state index in [1.54, 1.807) is 30.3 Å². The predicted octanol–water partition coefficient (Wildman–Crippen LogP) is 4.91. The van der Waals surface area contributed by atoms with Crippen LogP contribution in [-0.2, 0) is 4.79 Å². The van der Waals surface area contributed by atoms with E-state index in [1.165, 1.54) is 0 Å². The summed E-state index contributed by atoms with van der Waals surface area (Å²) in [6.07, 6.45) is 0.111. The van der Waals surface area contributed by atoms with Crippen molar-refractivity contribution in [2.75, 3.05) is 11.9 Å². The molecule has 122 valence electrons. The number of ether oxygens (including phenoxy) is 2. The van der Waals surface area contributed by atoms with E-state index >= 15 is 0 Å². The number of hydrogen-bond donors (Lipinski definition) is 1. The summed E-state index contributed by atoms with van der Waals surface area (Å²) in [5.74, 6) is 0.961. The first-order valence-electron chi connectivity index (χ1n) is 7.08. The van der Waals surface area contributed by atoms with Crippen LogP contribution in [0.5, 0.6) is 11.5 Å². The van der Waals surface area contributed by atoms with E-state index in [-0.39, 0.29) is 18.6 Å². The van der Waals surface area contributed by atoms with Crippen LogP contribution in [0, 0.1) is 0 Å². The number of nitrogens with one attached hydrogen (secondary N) is 1. The van der Waals surface area contributed by atoms with Gasteiger partial charge in [0.05, 0.1) is 11.1 Å². The molecule has 0 saturated heterocycles. The highest BCUT2D eigenvalue weighted by Crippen LogP contribution is 2.27. The quantitative estimate of drug-likeness (QED) is 0.752. The van der Waals surface area contributed by atoms with E-state index in [2.05, 4.69) is 21.2 Å². The molecule has 0 spiro atoms. The van der Waals surface area contributed by atoms with Gasteiger partial charge in [0.2, 0.25) is 0 Å². The van der Waals surface area contributed by atoms with Crippen LogP contribution in [-0.4, -0.2) is 18.6 Å². The zero-order chi connectivity index (χ0) is 16.8. The first kappa shape index (κ1) is 17.6. The molecule has 0 bridgehead atoms. The Morgan fingerprint density at radius 3 is 2.52 bits per heavy atom. The number of carbonyl (C=O) groups is 1. The molecule has 0 aliphatic rings. The van der Waals surface area contributed by atoms with Crippen LogP contribution in [0.3, 0.4) is 0 Å². The Balaban J connectivity index is 1.87. The maximum atomic E-state index is 11.9. The van der Waals surface area contributed by atoms with Gasteiger partial charge in [-0.1, -0.05) is 27.5 Å². The lowest BCUT2D eigenvalue weighted by Crippen LogP contribution is -2.20. The highest BCUT2D eigenvalue weighted by Gasteiger charge is 2.07. The summed E-state index contributed by atoms with van der Waals surface area (Å²) in [6, 6.07) is 12.4. The summed E-state index contributed by atoms with van der Waals surface area (Å²) in [5.41, 5.74) is 0.677. The van der Waals surface area contributed by atoms with Gasteiger partial charge in [-0.25, -0.2) is 0 Å². The standard InChI is InChI=1S/C17H17BrClNO3/c1-11(2)23-14-6-4-13(5-7-14)20-17(21)10-22-16-8-3-12(18)9-15(16)19/h3-9,11H,10H2,1-2H3,(H,20,21). The van der Waals surface area contributed by atoms with Crippen molar-refractivity contribution in [3.05, 3.63) is 52.0 Å². The molecule has 6 heteroatoms. The molecule has 1 N–H and O–H groups in total. The number of amides is 1. The van der Waals surface area contributed by atoms with Gasteiger partial charge in [-0.3, -0.25) is 4.79 Å². The summed E-state index contributed by atoms with van der Waals surface area (Å²) in [4.78, 5) is 11.9. The lowest BCUT2D eigenvalue weighted by atomic mass is 10.3. The molecule has 23 heavy (non-hydrogen) atoms. The van der Waals surface area contributed by atoms with Crippen LogP contribution in [0.15, 0.2) is 46.9 Å². The SMILES string of the molecule is CC(C)Oc1ccc(NC(=O)COc2ccc(Br)cc2Cl)cc1. The van der Waals surface area contributed by atoms with Gasteiger partial charge in [-0.05, 0) is 56.3 Å². The topological polar surface area (TPSA) is 47.6 Å². The van der Waals surface area contributed by atoms with Crippen molar-refractivity contribution in [2.24, 2.45) is 0 Å². The van der Waals surface area contributed by atoms with Crippen LogP contribution in [0.1, 0.15) is 13.8 Å². The average molecular weight is 399 g/mol. The molecule has 0 aliphatic heterocycles. The number of rotatable bonds is 6. The minimum absolute atomic E-state index is 0.111. The Labute approximate surface area is 148 Å². The minimum atomic E-state index is -0.262. The Morgan fingerprint density at radius 1 is 1.22 bits per heavy atom. The molecule has 4 nitrogen and oxygen atoms in total. The Hall–Kier alpha value is -1.72. The van der Waals surface area contributed by atoms with Crippen LogP contribution in [0.2, 0.25) is 5.02 Å². The number of carbonyl (C=O) groups excluding carboxylic acids is 1. The Morgan fingerprint density at radius 2 is 1.91 bits per heavy atom. The third-order valence-electron chi connectivity index (χ3n) is 2.76. The molecule has 2 aromatic carbocycles. The number of halogens is 2. The highest BCUT2D eigenvalue weighted by atomic mass is 79.9. The van der Waals surface area contributed by atoms with Crippen molar-refractivity contribution >= 4 is 39.1 Å². The van der Waals surface area contributed by atoms with E-state index in [9.17, 15) is 4.79 Å². The van der Waals surface area contributed by atoms with Gasteiger partial charge in [0, 0.05) is 10.2 Å². The van der Waals surface area contributed by atoms with Crippen molar-refractivity contribution < 1.29 is 14.3 Å². The van der Waals surface area contributed by atoms with Crippen molar-refractivity contribution in [1.29, 1.82) is 0 Å². The number of benzene rings is 2. The van der Waals surface area contributed by atoms with Crippen LogP contribution >= 0.6 is 27.5 Å². The first-order valence-corrected chi connectivity index (χ1v) is 8.25. The molecule has 0 unspecified atom stereocenters. The second kappa shape index (κ2) is 8.22. The smallest absolute Gasteiger partial charge is 0.262 e. The second-order valence-corrected chi connectivity index (χ2v) is 6.43. The van der Waals surface area contributed by atoms with Crippen molar-refractivity contribution in [2.45, 2.75) is 20.0 Å². The zero-order valence-corrected chi connectivity index (χ0v) is 15.1. The van der Waals surface area contributed by atoms with Gasteiger partial charge in [-0.15, -0.1) is 0 Å². The molecule has 0 radical (unpaired) electrons. The molecule has 1 amide bonds. The molecule has 0 saturated carbocycles. The maximum Gasteiger partial charge on any atom is 0.262 e. The molecule has 0 aliphatic carbocycles. The summed E-state index contributed by atoms with van der Waals surface area (Å²) < 4.78 is 11.8. The monoisotopic (exact) mass is 397 g/mol. The van der Waals surface area contributed by atoms with Crippen LogP contribution < -0.4 is 14.8 Å². The number of hydrogen-bond acceptors (Lipinski definition) is 3. The van der Waals surface area contributed by atoms with Gasteiger partial charge >= 0.3 is 0 Å². The molecule has 0 aromatic heterocycles. The molecule has 0 fully saturated rings. The Kier molecular flexibility index (Phi) is 6.30. The second-order valence-electron chi connectivity index (χ2n) is 5.10. The average Bonchev–Trinajstić information content (AvgIpc) is 2.48. The van der Waals surface area contributed by atoms with Crippen molar-refractivity contribution in [1.82, 2.24) is 0 Å². The third-order valence-corrected chi connectivity index (χ3v) is 3.55. The van der Waals surface area contributed by atoms with E-state index in [1.807, 2.05) is 26.0 Å². The van der Waals surface area contributed by atoms with Gasteiger partial charge in [0.25, 0.3) is 5.91 Å². The molecule has 2 aromatic rings. The summed E-state index contributed by atoms with van der Waals surface area (Å²) in [5, 5.41) is 3.20. The fourth-order valence-electron chi connectivity index (χ4n) is 1.82. The van der Waals surface area contributed by atoms with E-state index in [4.69, 9.17) is 21.1 Å². The fraction of sp³-hybridized carbons (Fsp3) is 0.235. The molecular weight excluding hydrogens is 382 g/mol. The van der Waals surface area contributed by atoms with Gasteiger partial charge in [-0.2, -0.15) is 0 Å². The summed E-state index contributed by atoms with van der Waals surface area (Å²) in [6.45, 7) is 3.80. The number of anilines is 1. The van der Waals surface area contributed by atoms with Crippen molar-refractivity contribution in [3.8, 4) is 11.5 Å². The summed E-state index contributed by atoms with van der Waals surface area (Å²) >= 11 is 9.34. The normalized spacial score (nSPS) is 10.5. The van der Waals surface area contributed by atoms with Gasteiger partial charge in [0.1, 0.15) is 11.5 Å². The largest absolute Gasteiger partial charge is 0.491 e. The highest BCUT2D eigenvalue weighted by molar-refractivity contribution is 9.10. The van der Waals surface area contributed by atoms with Crippen LogP contribution in [0.4, 0.5) is 5.69 Å². The van der Waals surface area contributed by atoms with Crippen molar-refractivity contribution in [3.63, 3.8) is 0 Å².